The Morgan fingerprint density at radius 1 is 1.35 bits per heavy atom. The lowest BCUT2D eigenvalue weighted by Gasteiger charge is -2.26. The molecule has 2 atom stereocenters. The number of carbonyl (C=O) groups excluding carboxylic acids is 2. The van der Waals surface area contributed by atoms with Crippen LogP contribution in [0, 0.1) is 0 Å². The van der Waals surface area contributed by atoms with Gasteiger partial charge >= 0.3 is 5.97 Å². The molecule has 0 aliphatic carbocycles. The minimum absolute atomic E-state index is 0.327. The summed E-state index contributed by atoms with van der Waals surface area (Å²) in [6, 6.07) is 5.79. The summed E-state index contributed by atoms with van der Waals surface area (Å²) < 4.78 is 4.64. The van der Waals surface area contributed by atoms with Gasteiger partial charge in [0, 0.05) is 10.6 Å². The van der Waals surface area contributed by atoms with E-state index in [1.54, 1.807) is 24.3 Å². The van der Waals surface area contributed by atoms with Gasteiger partial charge in [-0.15, -0.1) is 10.2 Å². The molecule has 1 saturated heterocycles. The fourth-order valence-electron chi connectivity index (χ4n) is 2.41. The summed E-state index contributed by atoms with van der Waals surface area (Å²) in [5.41, 5.74) is 0.754. The zero-order valence-corrected chi connectivity index (χ0v) is 13.0. The van der Waals surface area contributed by atoms with Crippen LogP contribution >= 0.6 is 11.6 Å². The number of aromatic nitrogens is 4. The molecular weight excluding hydrogens is 322 g/mol. The summed E-state index contributed by atoms with van der Waals surface area (Å²) in [6.45, 7) is 0. The summed E-state index contributed by atoms with van der Waals surface area (Å²) in [5, 5.41) is 15.4. The first-order chi connectivity index (χ1) is 11.1. The Morgan fingerprint density at radius 2 is 2.09 bits per heavy atom. The normalized spacial score (nSPS) is 20.9. The van der Waals surface area contributed by atoms with E-state index in [1.165, 1.54) is 11.9 Å². The Morgan fingerprint density at radius 3 is 2.74 bits per heavy atom. The van der Waals surface area contributed by atoms with E-state index < -0.39 is 18.1 Å². The van der Waals surface area contributed by atoms with Crippen molar-refractivity contribution in [3.63, 3.8) is 0 Å². The maximum Gasteiger partial charge on any atom is 0.328 e. The van der Waals surface area contributed by atoms with E-state index in [0.717, 1.165) is 5.56 Å². The molecule has 2 heterocycles. The molecule has 120 valence electrons. The van der Waals surface area contributed by atoms with Gasteiger partial charge in [0.25, 0.3) is 0 Å². The second-order valence-electron chi connectivity index (χ2n) is 5.12. The number of rotatable bonds is 3. The van der Waals surface area contributed by atoms with E-state index in [1.807, 2.05) is 0 Å². The molecule has 1 N–H and O–H groups in total. The largest absolute Gasteiger partial charge is 0.467 e. The van der Waals surface area contributed by atoms with Crippen molar-refractivity contribution < 1.29 is 14.3 Å². The van der Waals surface area contributed by atoms with E-state index in [9.17, 15) is 9.59 Å². The highest BCUT2D eigenvalue weighted by Crippen LogP contribution is 2.22. The van der Waals surface area contributed by atoms with Gasteiger partial charge in [-0.1, -0.05) is 11.6 Å². The van der Waals surface area contributed by atoms with Crippen molar-refractivity contribution in [2.24, 2.45) is 0 Å². The molecule has 0 saturated carbocycles. The summed E-state index contributed by atoms with van der Waals surface area (Å²) in [7, 11) is 1.29. The minimum Gasteiger partial charge on any atom is -0.467 e. The van der Waals surface area contributed by atoms with E-state index in [-0.39, 0.29) is 5.91 Å². The number of halogens is 1. The number of nitrogens with one attached hydrogen (secondary N) is 1. The van der Waals surface area contributed by atoms with Crippen LogP contribution in [0.15, 0.2) is 24.3 Å². The number of hydrogen-bond acceptors (Lipinski definition) is 6. The molecule has 1 aliphatic heterocycles. The van der Waals surface area contributed by atoms with E-state index in [0.29, 0.717) is 23.7 Å². The predicted octanol–water partition coefficient (Wildman–Crippen LogP) is 0.986. The number of hydrogen-bond donors (Lipinski definition) is 1. The highest BCUT2D eigenvalue weighted by Gasteiger charge is 2.34. The second kappa shape index (κ2) is 6.33. The van der Waals surface area contributed by atoms with Crippen molar-refractivity contribution in [3.05, 3.63) is 29.3 Å². The first kappa shape index (κ1) is 15.4. The SMILES string of the molecule is COC(=O)C1CCC(n2nnc(-c3ccc(Cl)cc3)n2)C(=O)N1. The number of amides is 1. The average molecular weight is 336 g/mol. The Hall–Kier alpha value is -2.48. The monoisotopic (exact) mass is 335 g/mol. The maximum atomic E-state index is 12.2. The summed E-state index contributed by atoms with van der Waals surface area (Å²) in [5.74, 6) is -0.374. The lowest BCUT2D eigenvalue weighted by atomic mass is 10.0. The number of nitrogens with zero attached hydrogens (tertiary/aromatic N) is 4. The van der Waals surface area contributed by atoms with Gasteiger partial charge < -0.3 is 10.1 Å². The molecule has 3 rings (SSSR count). The maximum absolute atomic E-state index is 12.2. The lowest BCUT2D eigenvalue weighted by molar-refractivity contribution is -0.147. The fourth-order valence-corrected chi connectivity index (χ4v) is 2.53. The van der Waals surface area contributed by atoms with Gasteiger partial charge in [0.15, 0.2) is 6.04 Å². The third-order valence-corrected chi connectivity index (χ3v) is 3.90. The smallest absolute Gasteiger partial charge is 0.328 e. The number of piperidine rings is 1. The van der Waals surface area contributed by atoms with Gasteiger partial charge in [0.1, 0.15) is 6.04 Å². The second-order valence-corrected chi connectivity index (χ2v) is 5.55. The van der Waals surface area contributed by atoms with Crippen molar-refractivity contribution >= 4 is 23.5 Å². The molecule has 1 aromatic carbocycles. The zero-order chi connectivity index (χ0) is 16.4. The van der Waals surface area contributed by atoms with Gasteiger partial charge in [0.05, 0.1) is 7.11 Å². The van der Waals surface area contributed by atoms with Crippen molar-refractivity contribution in [1.82, 2.24) is 25.5 Å². The standard InChI is InChI=1S/C14H14ClN5O3/c1-23-14(22)10-6-7-11(13(21)16-10)20-18-12(17-19-20)8-2-4-9(15)5-3-8/h2-5,10-11H,6-7H2,1H3,(H,16,21). The van der Waals surface area contributed by atoms with Gasteiger partial charge in [-0.25, -0.2) is 4.79 Å². The van der Waals surface area contributed by atoms with Gasteiger partial charge in [-0.05, 0) is 42.3 Å². The Balaban J connectivity index is 1.75. The van der Waals surface area contributed by atoms with Crippen LogP contribution in [0.4, 0.5) is 0 Å². The van der Waals surface area contributed by atoms with Crippen LogP contribution in [0.3, 0.4) is 0 Å². The molecule has 23 heavy (non-hydrogen) atoms. The molecule has 0 radical (unpaired) electrons. The predicted molar refractivity (Wildman–Crippen MR) is 80.5 cm³/mol. The number of carbonyl (C=O) groups is 2. The van der Waals surface area contributed by atoms with Crippen LogP contribution in [0.5, 0.6) is 0 Å². The van der Waals surface area contributed by atoms with Crippen LogP contribution in [0.2, 0.25) is 5.02 Å². The van der Waals surface area contributed by atoms with Crippen molar-refractivity contribution in [3.8, 4) is 11.4 Å². The molecule has 8 nitrogen and oxygen atoms in total. The lowest BCUT2D eigenvalue weighted by Crippen LogP contribution is -2.49. The highest BCUT2D eigenvalue weighted by molar-refractivity contribution is 6.30. The number of methoxy groups -OCH3 is 1. The molecule has 2 unspecified atom stereocenters. The molecule has 0 spiro atoms. The quantitative estimate of drug-likeness (QED) is 0.840. The van der Waals surface area contributed by atoms with E-state index in [4.69, 9.17) is 11.6 Å². The molecule has 1 aliphatic rings. The summed E-state index contributed by atoms with van der Waals surface area (Å²) >= 11 is 5.84. The topological polar surface area (TPSA) is 99.0 Å². The summed E-state index contributed by atoms with van der Waals surface area (Å²) in [6.07, 6.45) is 0.892. The first-order valence-corrected chi connectivity index (χ1v) is 7.40. The molecule has 2 aromatic rings. The Bertz CT molecular complexity index is 730. The molecule has 1 fully saturated rings. The number of tetrazole rings is 1. The van der Waals surface area contributed by atoms with Crippen LogP contribution in [-0.4, -0.2) is 45.2 Å². The van der Waals surface area contributed by atoms with Crippen LogP contribution in [-0.2, 0) is 14.3 Å². The molecule has 9 heteroatoms. The van der Waals surface area contributed by atoms with Gasteiger partial charge in [0.2, 0.25) is 11.7 Å². The zero-order valence-electron chi connectivity index (χ0n) is 12.3. The molecule has 0 bridgehead atoms. The third kappa shape index (κ3) is 3.16. The Kier molecular flexibility index (Phi) is 4.24. The van der Waals surface area contributed by atoms with Gasteiger partial charge in [-0.3, -0.25) is 4.79 Å². The van der Waals surface area contributed by atoms with E-state index in [2.05, 4.69) is 25.5 Å². The summed E-state index contributed by atoms with van der Waals surface area (Å²) in [4.78, 5) is 24.9. The minimum atomic E-state index is -0.622. The van der Waals surface area contributed by atoms with Crippen LogP contribution in [0.1, 0.15) is 18.9 Å². The average Bonchev–Trinajstić information content (AvgIpc) is 3.04. The number of ether oxygens (including phenoxy) is 1. The fraction of sp³-hybridized carbons (Fsp3) is 0.357. The first-order valence-electron chi connectivity index (χ1n) is 7.02. The van der Waals surface area contributed by atoms with Crippen molar-refractivity contribution in [2.75, 3.05) is 7.11 Å². The highest BCUT2D eigenvalue weighted by atomic mass is 35.5. The third-order valence-electron chi connectivity index (χ3n) is 3.64. The van der Waals surface area contributed by atoms with Gasteiger partial charge in [-0.2, -0.15) is 4.80 Å². The van der Waals surface area contributed by atoms with Crippen molar-refractivity contribution in [1.29, 1.82) is 0 Å². The molecule has 1 aromatic heterocycles. The van der Waals surface area contributed by atoms with Crippen LogP contribution < -0.4 is 5.32 Å². The van der Waals surface area contributed by atoms with Crippen molar-refractivity contribution in [2.45, 2.75) is 24.9 Å². The van der Waals surface area contributed by atoms with Crippen LogP contribution in [0.25, 0.3) is 11.4 Å². The van der Waals surface area contributed by atoms with E-state index >= 15 is 0 Å². The number of benzene rings is 1. The Labute approximate surface area is 136 Å². The molecular formula is C14H14ClN5O3. The molecule has 1 amide bonds. The number of esters is 1.